The number of hydrogen-bond acceptors (Lipinski definition) is 3. The molecule has 1 rings (SSSR count). The van der Waals surface area contributed by atoms with Gasteiger partial charge in [0.1, 0.15) is 5.75 Å². The summed E-state index contributed by atoms with van der Waals surface area (Å²) in [5.41, 5.74) is 1.05. The van der Waals surface area contributed by atoms with E-state index in [0.717, 1.165) is 24.4 Å². The third-order valence-corrected chi connectivity index (χ3v) is 2.48. The maximum Gasteiger partial charge on any atom is 0.221 e. The number of rotatable bonds is 8. The summed E-state index contributed by atoms with van der Waals surface area (Å²) in [6.07, 6.45) is 0.513. The van der Waals surface area contributed by atoms with Gasteiger partial charge in [-0.25, -0.2) is 0 Å². The molecule has 1 amide bonds. The monoisotopic (exact) mass is 250 g/mol. The van der Waals surface area contributed by atoms with Crippen molar-refractivity contribution in [3.8, 4) is 5.75 Å². The van der Waals surface area contributed by atoms with Gasteiger partial charge in [0, 0.05) is 19.5 Å². The number of carbonyl (C=O) groups excluding carboxylic acids is 1. The number of nitrogens with one attached hydrogen (secondary N) is 2. The molecule has 0 aliphatic rings. The molecule has 0 aliphatic heterocycles. The predicted molar refractivity (Wildman–Crippen MR) is 72.6 cm³/mol. The minimum atomic E-state index is 0.0674. The Bertz CT molecular complexity index is 367. The first-order valence-electron chi connectivity index (χ1n) is 6.45. The lowest BCUT2D eigenvalue weighted by Gasteiger charge is -2.08. The van der Waals surface area contributed by atoms with Crippen molar-refractivity contribution >= 4 is 5.91 Å². The summed E-state index contributed by atoms with van der Waals surface area (Å²) in [4.78, 5) is 11.5. The number of amides is 1. The molecule has 0 unspecified atom stereocenters. The van der Waals surface area contributed by atoms with Gasteiger partial charge in [0.05, 0.1) is 6.61 Å². The van der Waals surface area contributed by atoms with Crippen molar-refractivity contribution in [3.63, 3.8) is 0 Å². The van der Waals surface area contributed by atoms with Gasteiger partial charge in [0.15, 0.2) is 0 Å². The van der Waals surface area contributed by atoms with Crippen LogP contribution in [0.5, 0.6) is 5.75 Å². The molecule has 0 aromatic heterocycles. The van der Waals surface area contributed by atoms with Gasteiger partial charge in [-0.2, -0.15) is 0 Å². The lowest BCUT2D eigenvalue weighted by molar-refractivity contribution is -0.121. The van der Waals surface area contributed by atoms with Crippen molar-refractivity contribution in [2.75, 3.05) is 19.7 Å². The van der Waals surface area contributed by atoms with Crippen molar-refractivity contribution in [2.24, 2.45) is 0 Å². The van der Waals surface area contributed by atoms with Crippen LogP contribution in [0.25, 0.3) is 0 Å². The summed E-state index contributed by atoms with van der Waals surface area (Å²) in [6, 6.07) is 7.78. The highest BCUT2D eigenvalue weighted by Gasteiger charge is 2.01. The smallest absolute Gasteiger partial charge is 0.221 e. The summed E-state index contributed by atoms with van der Waals surface area (Å²) in [6.45, 7) is 6.79. The van der Waals surface area contributed by atoms with Gasteiger partial charge in [-0.3, -0.25) is 4.79 Å². The Morgan fingerprint density at radius 2 is 2.17 bits per heavy atom. The van der Waals surface area contributed by atoms with Gasteiger partial charge in [-0.15, -0.1) is 0 Å². The van der Waals surface area contributed by atoms with Gasteiger partial charge in [0.25, 0.3) is 0 Å². The molecule has 0 saturated carbocycles. The van der Waals surface area contributed by atoms with Crippen LogP contribution in [0.4, 0.5) is 0 Å². The summed E-state index contributed by atoms with van der Waals surface area (Å²) >= 11 is 0. The average Bonchev–Trinajstić information content (AvgIpc) is 2.38. The molecule has 0 saturated heterocycles. The van der Waals surface area contributed by atoms with E-state index in [1.54, 1.807) is 0 Å². The summed E-state index contributed by atoms with van der Waals surface area (Å²) in [5.74, 6) is 0.912. The third-order valence-electron chi connectivity index (χ3n) is 2.48. The lowest BCUT2D eigenvalue weighted by Crippen LogP contribution is -2.27. The Kier molecular flexibility index (Phi) is 6.87. The molecule has 0 fully saturated rings. The lowest BCUT2D eigenvalue weighted by atomic mass is 10.2. The molecule has 0 atom stereocenters. The van der Waals surface area contributed by atoms with Crippen LogP contribution in [0.1, 0.15) is 25.8 Å². The van der Waals surface area contributed by atoms with E-state index in [-0.39, 0.29) is 5.91 Å². The zero-order valence-electron chi connectivity index (χ0n) is 11.2. The molecule has 1 aromatic rings. The highest BCUT2D eigenvalue weighted by molar-refractivity contribution is 5.76. The highest BCUT2D eigenvalue weighted by atomic mass is 16.5. The van der Waals surface area contributed by atoms with E-state index in [1.165, 1.54) is 0 Å². The molecule has 4 heteroatoms. The summed E-state index contributed by atoms with van der Waals surface area (Å²) in [7, 11) is 0. The largest absolute Gasteiger partial charge is 0.494 e. The van der Waals surface area contributed by atoms with Crippen molar-refractivity contribution in [1.29, 1.82) is 0 Å². The van der Waals surface area contributed by atoms with E-state index in [2.05, 4.69) is 10.6 Å². The summed E-state index contributed by atoms with van der Waals surface area (Å²) < 4.78 is 5.41. The fourth-order valence-corrected chi connectivity index (χ4v) is 1.58. The summed E-state index contributed by atoms with van der Waals surface area (Å²) in [5, 5.41) is 6.02. The van der Waals surface area contributed by atoms with E-state index in [4.69, 9.17) is 4.74 Å². The van der Waals surface area contributed by atoms with Crippen LogP contribution in [0, 0.1) is 0 Å². The van der Waals surface area contributed by atoms with Crippen LogP contribution < -0.4 is 15.4 Å². The zero-order valence-corrected chi connectivity index (χ0v) is 11.2. The fraction of sp³-hybridized carbons (Fsp3) is 0.500. The Hall–Kier alpha value is -1.55. The molecule has 100 valence electrons. The standard InChI is InChI=1S/C14H22N2O2/c1-3-15-9-8-14(17)16-11-12-6-5-7-13(10-12)18-4-2/h5-7,10,15H,3-4,8-9,11H2,1-2H3,(H,16,17). The van der Waals surface area contributed by atoms with E-state index < -0.39 is 0 Å². The zero-order chi connectivity index (χ0) is 13.2. The van der Waals surface area contributed by atoms with E-state index >= 15 is 0 Å². The molecule has 1 aromatic carbocycles. The fourth-order valence-electron chi connectivity index (χ4n) is 1.58. The van der Waals surface area contributed by atoms with Crippen molar-refractivity contribution in [2.45, 2.75) is 26.8 Å². The molecule has 0 spiro atoms. The topological polar surface area (TPSA) is 50.4 Å². The van der Waals surface area contributed by atoms with Gasteiger partial charge in [-0.05, 0) is 31.2 Å². The molecule has 0 bridgehead atoms. The van der Waals surface area contributed by atoms with Gasteiger partial charge in [0.2, 0.25) is 5.91 Å². The molecular formula is C14H22N2O2. The van der Waals surface area contributed by atoms with Crippen molar-refractivity contribution in [3.05, 3.63) is 29.8 Å². The highest BCUT2D eigenvalue weighted by Crippen LogP contribution is 2.12. The minimum absolute atomic E-state index is 0.0674. The molecule has 0 heterocycles. The first kappa shape index (κ1) is 14.5. The molecule has 18 heavy (non-hydrogen) atoms. The Morgan fingerprint density at radius 1 is 1.33 bits per heavy atom. The first-order chi connectivity index (χ1) is 8.76. The van der Waals surface area contributed by atoms with Crippen LogP contribution >= 0.6 is 0 Å². The Labute approximate surface area is 109 Å². The second-order valence-corrected chi connectivity index (χ2v) is 3.96. The molecule has 2 N–H and O–H groups in total. The second-order valence-electron chi connectivity index (χ2n) is 3.96. The molecule has 0 radical (unpaired) electrons. The van der Waals surface area contributed by atoms with Gasteiger partial charge in [-0.1, -0.05) is 19.1 Å². The number of benzene rings is 1. The van der Waals surface area contributed by atoms with E-state index in [1.807, 2.05) is 38.1 Å². The minimum Gasteiger partial charge on any atom is -0.494 e. The third kappa shape index (κ3) is 5.68. The normalized spacial score (nSPS) is 10.1. The van der Waals surface area contributed by atoms with Gasteiger partial charge >= 0.3 is 0 Å². The van der Waals surface area contributed by atoms with Crippen LogP contribution in [-0.4, -0.2) is 25.6 Å². The quantitative estimate of drug-likeness (QED) is 0.690. The van der Waals surface area contributed by atoms with Crippen LogP contribution in [-0.2, 0) is 11.3 Å². The number of carbonyl (C=O) groups is 1. The molecular weight excluding hydrogens is 228 g/mol. The SMILES string of the molecule is CCNCCC(=O)NCc1cccc(OCC)c1. The van der Waals surface area contributed by atoms with Crippen LogP contribution in [0.3, 0.4) is 0 Å². The first-order valence-corrected chi connectivity index (χ1v) is 6.45. The van der Waals surface area contributed by atoms with Gasteiger partial charge < -0.3 is 15.4 Å². The average molecular weight is 250 g/mol. The maximum absolute atomic E-state index is 11.5. The van der Waals surface area contributed by atoms with Crippen LogP contribution in [0.15, 0.2) is 24.3 Å². The number of hydrogen-bond donors (Lipinski definition) is 2. The Balaban J connectivity index is 2.33. The van der Waals surface area contributed by atoms with E-state index in [0.29, 0.717) is 19.6 Å². The number of ether oxygens (including phenoxy) is 1. The van der Waals surface area contributed by atoms with E-state index in [9.17, 15) is 4.79 Å². The van der Waals surface area contributed by atoms with Crippen LogP contribution in [0.2, 0.25) is 0 Å². The van der Waals surface area contributed by atoms with Crippen molar-refractivity contribution in [1.82, 2.24) is 10.6 Å². The predicted octanol–water partition coefficient (Wildman–Crippen LogP) is 1.70. The molecule has 0 aliphatic carbocycles. The van der Waals surface area contributed by atoms with Crippen molar-refractivity contribution < 1.29 is 9.53 Å². The Morgan fingerprint density at radius 3 is 2.89 bits per heavy atom. The second kappa shape index (κ2) is 8.53. The molecule has 4 nitrogen and oxygen atoms in total. The maximum atomic E-state index is 11.5.